The summed E-state index contributed by atoms with van der Waals surface area (Å²) < 4.78 is 46.5. The molecule has 1 heterocycles. The number of ether oxygens (including phenoxy) is 1. The van der Waals surface area contributed by atoms with E-state index in [1.807, 2.05) is 6.07 Å². The number of nitriles is 1. The number of anilines is 1. The highest BCUT2D eigenvalue weighted by Crippen LogP contribution is 2.30. The second-order valence-electron chi connectivity index (χ2n) is 5.24. The van der Waals surface area contributed by atoms with Crippen molar-refractivity contribution in [2.24, 2.45) is 0 Å². The van der Waals surface area contributed by atoms with Crippen LogP contribution in [0.25, 0.3) is 0 Å². The largest absolute Gasteiger partial charge is 0.453 e. The number of benzene rings is 2. The molecule has 3 rings (SSSR count). The Labute approximate surface area is 158 Å². The summed E-state index contributed by atoms with van der Waals surface area (Å²) in [5, 5.41) is 20.1. The number of hydrogen-bond acceptors (Lipinski definition) is 7. The lowest BCUT2D eigenvalue weighted by Crippen LogP contribution is -2.13. The average Bonchev–Trinajstić information content (AvgIpc) is 3.15. The number of nitrogens with zero attached hydrogens (tertiary/aromatic N) is 2. The first-order chi connectivity index (χ1) is 12.9. The van der Waals surface area contributed by atoms with Crippen LogP contribution in [0.4, 0.5) is 9.52 Å². The van der Waals surface area contributed by atoms with Crippen LogP contribution in [0.15, 0.2) is 52.9 Å². The van der Waals surface area contributed by atoms with Crippen LogP contribution in [0.2, 0.25) is 0 Å². The van der Waals surface area contributed by atoms with E-state index in [-0.39, 0.29) is 33.7 Å². The molecule has 0 spiro atoms. The predicted molar refractivity (Wildman–Crippen MR) is 96.5 cm³/mol. The van der Waals surface area contributed by atoms with Crippen LogP contribution in [0.1, 0.15) is 11.1 Å². The SMILES string of the molecule is N#Cc1cc(S(=O)(=O)Nc2nccs2)ccc1Oc1ccc(CO)cc1F. The number of aliphatic hydroxyl groups excluding tert-OH is 1. The van der Waals surface area contributed by atoms with Gasteiger partial charge >= 0.3 is 0 Å². The fourth-order valence-corrected chi connectivity index (χ4v) is 3.96. The molecule has 7 nitrogen and oxygen atoms in total. The quantitative estimate of drug-likeness (QED) is 0.651. The maximum atomic E-state index is 14.0. The minimum atomic E-state index is -3.93. The fraction of sp³-hybridized carbons (Fsp3) is 0.0588. The molecule has 2 aromatic carbocycles. The Balaban J connectivity index is 1.90. The predicted octanol–water partition coefficient (Wildman–Crippen LogP) is 3.24. The van der Waals surface area contributed by atoms with Gasteiger partial charge in [-0.05, 0) is 35.9 Å². The van der Waals surface area contributed by atoms with Crippen molar-refractivity contribution in [1.82, 2.24) is 4.98 Å². The van der Waals surface area contributed by atoms with Gasteiger partial charge in [-0.2, -0.15) is 5.26 Å². The van der Waals surface area contributed by atoms with E-state index in [0.717, 1.165) is 23.5 Å². The van der Waals surface area contributed by atoms with Crippen molar-refractivity contribution in [3.63, 3.8) is 0 Å². The Morgan fingerprint density at radius 2 is 2.04 bits per heavy atom. The zero-order valence-electron chi connectivity index (χ0n) is 13.6. The zero-order chi connectivity index (χ0) is 19.4. The van der Waals surface area contributed by atoms with Crippen LogP contribution in [0.5, 0.6) is 11.5 Å². The van der Waals surface area contributed by atoms with Gasteiger partial charge in [0.2, 0.25) is 0 Å². The van der Waals surface area contributed by atoms with Crippen molar-refractivity contribution in [1.29, 1.82) is 5.26 Å². The van der Waals surface area contributed by atoms with Crippen LogP contribution in [-0.4, -0.2) is 18.5 Å². The molecule has 0 aliphatic rings. The summed E-state index contributed by atoms with van der Waals surface area (Å²) in [6.07, 6.45) is 1.46. The smallest absolute Gasteiger partial charge is 0.263 e. The second-order valence-corrected chi connectivity index (χ2v) is 7.81. The Kier molecular flexibility index (Phi) is 5.36. The summed E-state index contributed by atoms with van der Waals surface area (Å²) in [5.41, 5.74) is 0.290. The first-order valence-electron chi connectivity index (χ1n) is 7.46. The summed E-state index contributed by atoms with van der Waals surface area (Å²) in [7, 11) is -3.93. The van der Waals surface area contributed by atoms with Gasteiger partial charge in [-0.1, -0.05) is 6.07 Å². The lowest BCUT2D eigenvalue weighted by atomic mass is 10.2. The van der Waals surface area contributed by atoms with E-state index in [1.165, 1.54) is 30.5 Å². The third-order valence-electron chi connectivity index (χ3n) is 3.43. The number of sulfonamides is 1. The van der Waals surface area contributed by atoms with Crippen LogP contribution in [-0.2, 0) is 16.6 Å². The summed E-state index contributed by atoms with van der Waals surface area (Å²) in [6.45, 7) is -0.320. The number of thiazole rings is 1. The van der Waals surface area contributed by atoms with Gasteiger partial charge < -0.3 is 9.84 Å². The molecule has 0 saturated heterocycles. The summed E-state index contributed by atoms with van der Waals surface area (Å²) in [4.78, 5) is 3.69. The number of nitrogens with one attached hydrogen (secondary N) is 1. The third-order valence-corrected chi connectivity index (χ3v) is 5.59. The number of hydrogen-bond donors (Lipinski definition) is 2. The molecule has 0 radical (unpaired) electrons. The highest BCUT2D eigenvalue weighted by molar-refractivity contribution is 7.93. The van der Waals surface area contributed by atoms with E-state index in [0.29, 0.717) is 5.56 Å². The summed E-state index contributed by atoms with van der Waals surface area (Å²) >= 11 is 1.11. The maximum absolute atomic E-state index is 14.0. The van der Waals surface area contributed by atoms with Gasteiger partial charge in [0, 0.05) is 11.6 Å². The summed E-state index contributed by atoms with van der Waals surface area (Å²) in [5.74, 6) is -0.867. The Morgan fingerprint density at radius 1 is 1.26 bits per heavy atom. The van der Waals surface area contributed by atoms with Crippen LogP contribution in [0.3, 0.4) is 0 Å². The normalized spacial score (nSPS) is 11.0. The monoisotopic (exact) mass is 405 g/mol. The minimum absolute atomic E-state index is 0.00125. The lowest BCUT2D eigenvalue weighted by molar-refractivity contribution is 0.281. The van der Waals surface area contributed by atoms with Crippen molar-refractivity contribution in [2.75, 3.05) is 4.72 Å². The van der Waals surface area contributed by atoms with Crippen molar-refractivity contribution in [3.8, 4) is 17.6 Å². The molecule has 138 valence electrons. The Bertz CT molecular complexity index is 1110. The molecule has 0 amide bonds. The van der Waals surface area contributed by atoms with Crippen molar-refractivity contribution in [2.45, 2.75) is 11.5 Å². The fourth-order valence-electron chi connectivity index (χ4n) is 2.14. The van der Waals surface area contributed by atoms with Crippen molar-refractivity contribution < 1.29 is 22.7 Å². The van der Waals surface area contributed by atoms with E-state index < -0.39 is 15.8 Å². The highest BCUT2D eigenvalue weighted by atomic mass is 32.2. The molecule has 0 fully saturated rings. The van der Waals surface area contributed by atoms with Crippen LogP contribution < -0.4 is 9.46 Å². The molecule has 0 atom stereocenters. The molecule has 0 unspecified atom stereocenters. The topological polar surface area (TPSA) is 112 Å². The molecule has 1 aromatic heterocycles. The Morgan fingerprint density at radius 3 is 2.67 bits per heavy atom. The molecule has 2 N–H and O–H groups in total. The van der Waals surface area contributed by atoms with Gasteiger partial charge in [0.25, 0.3) is 10.0 Å². The molecule has 0 saturated carbocycles. The molecule has 0 aliphatic heterocycles. The van der Waals surface area contributed by atoms with E-state index in [9.17, 15) is 18.1 Å². The highest BCUT2D eigenvalue weighted by Gasteiger charge is 2.19. The first kappa shape index (κ1) is 18.8. The third kappa shape index (κ3) is 4.22. The Hall–Kier alpha value is -3.00. The summed E-state index contributed by atoms with van der Waals surface area (Å²) in [6, 6.07) is 9.38. The van der Waals surface area contributed by atoms with Gasteiger partial charge in [0.1, 0.15) is 11.8 Å². The first-order valence-corrected chi connectivity index (χ1v) is 9.83. The molecule has 27 heavy (non-hydrogen) atoms. The molecule has 0 aliphatic carbocycles. The average molecular weight is 405 g/mol. The zero-order valence-corrected chi connectivity index (χ0v) is 15.2. The lowest BCUT2D eigenvalue weighted by Gasteiger charge is -2.11. The van der Waals surface area contributed by atoms with E-state index in [2.05, 4.69) is 9.71 Å². The van der Waals surface area contributed by atoms with Gasteiger partial charge in [-0.3, -0.25) is 4.72 Å². The number of halogens is 1. The van der Waals surface area contributed by atoms with Gasteiger partial charge in [-0.15, -0.1) is 11.3 Å². The number of aromatic nitrogens is 1. The van der Waals surface area contributed by atoms with E-state index in [1.54, 1.807) is 5.38 Å². The van der Waals surface area contributed by atoms with Crippen molar-refractivity contribution in [3.05, 3.63) is 64.9 Å². The second kappa shape index (κ2) is 7.71. The molecular weight excluding hydrogens is 393 g/mol. The molecular formula is C17H12FN3O4S2. The molecule has 0 bridgehead atoms. The number of aliphatic hydroxyl groups is 1. The maximum Gasteiger partial charge on any atom is 0.263 e. The van der Waals surface area contributed by atoms with E-state index >= 15 is 0 Å². The van der Waals surface area contributed by atoms with Gasteiger partial charge in [-0.25, -0.2) is 17.8 Å². The van der Waals surface area contributed by atoms with Crippen molar-refractivity contribution >= 4 is 26.5 Å². The van der Waals surface area contributed by atoms with Gasteiger partial charge in [0.15, 0.2) is 16.7 Å². The van der Waals surface area contributed by atoms with Gasteiger partial charge in [0.05, 0.1) is 17.1 Å². The van der Waals surface area contributed by atoms with Crippen LogP contribution >= 0.6 is 11.3 Å². The molecule has 3 aromatic rings. The minimum Gasteiger partial charge on any atom is -0.453 e. The molecule has 10 heteroatoms. The number of rotatable bonds is 6. The van der Waals surface area contributed by atoms with Crippen LogP contribution in [0, 0.1) is 17.1 Å². The van der Waals surface area contributed by atoms with E-state index in [4.69, 9.17) is 9.84 Å². The standard InChI is InChI=1S/C17H12FN3O4S2/c18-14-7-11(10-22)1-3-16(14)25-15-4-2-13(8-12(15)9-19)27(23,24)21-17-20-5-6-26-17/h1-8,22H,10H2,(H,20,21).